The summed E-state index contributed by atoms with van der Waals surface area (Å²) in [7, 11) is 0. The fraction of sp³-hybridized carbons (Fsp3) is 0.0588. The summed E-state index contributed by atoms with van der Waals surface area (Å²) in [4.78, 5) is 28.5. The van der Waals surface area contributed by atoms with Gasteiger partial charge < -0.3 is 5.32 Å². The number of carbonyl (C=O) groups is 1. The molecule has 1 aliphatic heterocycles. The molecule has 0 radical (unpaired) electrons. The fourth-order valence-corrected chi connectivity index (χ4v) is 3.59. The summed E-state index contributed by atoms with van der Waals surface area (Å²) in [5, 5.41) is 14.3. The Labute approximate surface area is 162 Å². The zero-order chi connectivity index (χ0) is 18.7. The van der Waals surface area contributed by atoms with Crippen molar-refractivity contribution in [3.05, 3.63) is 68.1 Å². The van der Waals surface area contributed by atoms with Crippen LogP contribution >= 0.6 is 35.1 Å². The highest BCUT2D eigenvalue weighted by Gasteiger charge is 2.25. The van der Waals surface area contributed by atoms with E-state index in [1.54, 1.807) is 17.8 Å². The van der Waals surface area contributed by atoms with Crippen molar-refractivity contribution in [3.63, 3.8) is 0 Å². The SMILES string of the molecule is CSc1ccc(/C=C2/SC(=Nc3ccc(Cl)cc3[N+](=O)[O-])NC2=O)cc1. The highest BCUT2D eigenvalue weighted by Crippen LogP contribution is 2.33. The third kappa shape index (κ3) is 4.27. The molecular weight excluding hydrogens is 394 g/mol. The van der Waals surface area contributed by atoms with Crippen LogP contribution in [0.2, 0.25) is 5.02 Å². The maximum absolute atomic E-state index is 12.1. The highest BCUT2D eigenvalue weighted by atomic mass is 35.5. The van der Waals surface area contributed by atoms with Crippen LogP contribution in [0.4, 0.5) is 11.4 Å². The highest BCUT2D eigenvalue weighted by molar-refractivity contribution is 8.18. The second-order valence-corrected chi connectivity index (χ2v) is 7.49. The standard InChI is InChI=1S/C17H12ClN3O3S2/c1-25-12-5-2-10(3-6-12)8-15-16(22)20-17(26-15)19-13-7-4-11(18)9-14(13)21(23)24/h2-9H,1H3,(H,19,20,22)/b15-8+. The lowest BCUT2D eigenvalue weighted by molar-refractivity contribution is -0.384. The summed E-state index contributed by atoms with van der Waals surface area (Å²) < 4.78 is 0. The summed E-state index contributed by atoms with van der Waals surface area (Å²) in [6.07, 6.45) is 3.75. The van der Waals surface area contributed by atoms with Gasteiger partial charge in [0.1, 0.15) is 5.69 Å². The van der Waals surface area contributed by atoms with Crippen LogP contribution in [-0.4, -0.2) is 22.3 Å². The van der Waals surface area contributed by atoms with E-state index in [1.165, 1.54) is 18.2 Å². The van der Waals surface area contributed by atoms with E-state index in [0.29, 0.717) is 4.91 Å². The fourth-order valence-electron chi connectivity index (χ4n) is 2.18. The van der Waals surface area contributed by atoms with Gasteiger partial charge in [0.05, 0.1) is 9.83 Å². The number of hydrogen-bond donors (Lipinski definition) is 1. The van der Waals surface area contributed by atoms with Crippen LogP contribution in [0.25, 0.3) is 6.08 Å². The van der Waals surface area contributed by atoms with E-state index < -0.39 is 4.92 Å². The van der Waals surface area contributed by atoms with Crippen molar-refractivity contribution in [2.24, 2.45) is 4.99 Å². The number of nitrogens with one attached hydrogen (secondary N) is 1. The molecule has 2 aromatic carbocycles. The Morgan fingerprint density at radius 3 is 2.65 bits per heavy atom. The molecule has 0 saturated carbocycles. The predicted octanol–water partition coefficient (Wildman–Crippen LogP) is 4.86. The summed E-state index contributed by atoms with van der Waals surface area (Å²) >= 11 is 8.57. The maximum atomic E-state index is 12.1. The zero-order valence-electron chi connectivity index (χ0n) is 13.4. The van der Waals surface area contributed by atoms with Crippen LogP contribution in [0, 0.1) is 10.1 Å². The molecule has 6 nitrogen and oxygen atoms in total. The van der Waals surface area contributed by atoms with Gasteiger partial charge in [0.15, 0.2) is 5.17 Å². The van der Waals surface area contributed by atoms with E-state index >= 15 is 0 Å². The molecular formula is C17H12ClN3O3S2. The Balaban J connectivity index is 1.86. The van der Waals surface area contributed by atoms with Crippen LogP contribution in [0.3, 0.4) is 0 Å². The number of nitrogens with zero attached hydrogens (tertiary/aromatic N) is 2. The van der Waals surface area contributed by atoms with Gasteiger partial charge in [-0.15, -0.1) is 11.8 Å². The quantitative estimate of drug-likeness (QED) is 0.340. The van der Waals surface area contributed by atoms with E-state index in [1.807, 2.05) is 30.5 Å². The van der Waals surface area contributed by atoms with Gasteiger partial charge >= 0.3 is 0 Å². The third-order valence-corrected chi connectivity index (χ3v) is 5.31. The summed E-state index contributed by atoms with van der Waals surface area (Å²) in [6.45, 7) is 0. The van der Waals surface area contributed by atoms with E-state index in [9.17, 15) is 14.9 Å². The lowest BCUT2D eigenvalue weighted by atomic mass is 10.2. The van der Waals surface area contributed by atoms with Gasteiger partial charge in [0, 0.05) is 16.0 Å². The van der Waals surface area contributed by atoms with Crippen LogP contribution in [0.5, 0.6) is 0 Å². The Morgan fingerprint density at radius 1 is 1.27 bits per heavy atom. The van der Waals surface area contributed by atoms with Gasteiger partial charge in [0.25, 0.3) is 11.6 Å². The minimum absolute atomic E-state index is 0.132. The Bertz CT molecular complexity index is 943. The largest absolute Gasteiger partial charge is 0.300 e. The minimum atomic E-state index is -0.559. The number of halogens is 1. The molecule has 1 saturated heterocycles. The van der Waals surface area contributed by atoms with Crippen molar-refractivity contribution >= 4 is 63.7 Å². The number of carbonyl (C=O) groups excluding carboxylic acids is 1. The van der Waals surface area contributed by atoms with Gasteiger partial charge in [-0.2, -0.15) is 0 Å². The predicted molar refractivity (Wildman–Crippen MR) is 107 cm³/mol. The lowest BCUT2D eigenvalue weighted by Gasteiger charge is -1.99. The molecule has 1 heterocycles. The maximum Gasteiger partial charge on any atom is 0.296 e. The van der Waals surface area contributed by atoms with Gasteiger partial charge in [-0.05, 0) is 53.9 Å². The topological polar surface area (TPSA) is 84.6 Å². The summed E-state index contributed by atoms with van der Waals surface area (Å²) in [5.41, 5.74) is 0.803. The van der Waals surface area contributed by atoms with Crippen molar-refractivity contribution in [2.75, 3.05) is 6.26 Å². The second-order valence-electron chi connectivity index (χ2n) is 5.15. The Kier molecular flexibility index (Phi) is 5.65. The van der Waals surface area contributed by atoms with Gasteiger partial charge in [0.2, 0.25) is 0 Å². The number of thioether (sulfide) groups is 2. The number of nitro benzene ring substituents is 1. The van der Waals surface area contributed by atoms with Crippen molar-refractivity contribution in [1.29, 1.82) is 0 Å². The zero-order valence-corrected chi connectivity index (χ0v) is 15.8. The first-order valence-corrected chi connectivity index (χ1v) is 9.76. The van der Waals surface area contributed by atoms with E-state index in [0.717, 1.165) is 22.2 Å². The number of nitro groups is 1. The molecule has 2 aromatic rings. The molecule has 0 unspecified atom stereocenters. The minimum Gasteiger partial charge on any atom is -0.300 e. The molecule has 1 fully saturated rings. The van der Waals surface area contributed by atoms with E-state index in [2.05, 4.69) is 10.3 Å². The number of rotatable bonds is 4. The molecule has 26 heavy (non-hydrogen) atoms. The van der Waals surface area contributed by atoms with Crippen molar-refractivity contribution in [3.8, 4) is 0 Å². The first kappa shape index (κ1) is 18.5. The number of amides is 1. The van der Waals surface area contributed by atoms with Crippen molar-refractivity contribution in [1.82, 2.24) is 5.32 Å². The van der Waals surface area contributed by atoms with Gasteiger partial charge in [-0.1, -0.05) is 23.7 Å². The number of benzene rings is 2. The number of aliphatic imine (C=N–C) groups is 1. The first-order valence-electron chi connectivity index (χ1n) is 7.34. The molecule has 132 valence electrons. The van der Waals surface area contributed by atoms with Crippen LogP contribution in [0.1, 0.15) is 5.56 Å². The molecule has 0 atom stereocenters. The smallest absolute Gasteiger partial charge is 0.296 e. The normalized spacial score (nSPS) is 16.9. The van der Waals surface area contributed by atoms with Gasteiger partial charge in [-0.3, -0.25) is 14.9 Å². The molecule has 0 spiro atoms. The Hall–Kier alpha value is -2.29. The number of hydrogen-bond acceptors (Lipinski definition) is 6. The molecule has 0 aliphatic carbocycles. The molecule has 1 aliphatic rings. The molecule has 9 heteroatoms. The Morgan fingerprint density at radius 2 is 2.00 bits per heavy atom. The van der Waals surface area contributed by atoms with Gasteiger partial charge in [-0.25, -0.2) is 4.99 Å². The summed E-state index contributed by atoms with van der Waals surface area (Å²) in [5.74, 6) is -0.292. The average Bonchev–Trinajstić information content (AvgIpc) is 2.96. The molecule has 1 amide bonds. The van der Waals surface area contributed by atoms with Crippen LogP contribution in [-0.2, 0) is 4.79 Å². The van der Waals surface area contributed by atoms with E-state index in [-0.39, 0.29) is 27.5 Å². The monoisotopic (exact) mass is 405 g/mol. The number of amidine groups is 1. The molecule has 0 aromatic heterocycles. The van der Waals surface area contributed by atoms with Crippen LogP contribution in [0.15, 0.2) is 57.3 Å². The summed E-state index contributed by atoms with van der Waals surface area (Å²) in [6, 6.07) is 12.0. The lowest BCUT2D eigenvalue weighted by Crippen LogP contribution is -2.19. The van der Waals surface area contributed by atoms with Crippen LogP contribution < -0.4 is 5.32 Å². The molecule has 0 bridgehead atoms. The average molecular weight is 406 g/mol. The van der Waals surface area contributed by atoms with Crippen molar-refractivity contribution in [2.45, 2.75) is 4.90 Å². The van der Waals surface area contributed by atoms with Crippen molar-refractivity contribution < 1.29 is 9.72 Å². The third-order valence-electron chi connectivity index (χ3n) is 3.42. The van der Waals surface area contributed by atoms with E-state index in [4.69, 9.17) is 11.6 Å². The first-order chi connectivity index (χ1) is 12.5. The second kappa shape index (κ2) is 7.94. The molecule has 3 rings (SSSR count). The molecule has 1 N–H and O–H groups in total.